The van der Waals surface area contributed by atoms with E-state index in [0.29, 0.717) is 42.6 Å². The van der Waals surface area contributed by atoms with Gasteiger partial charge in [-0.3, -0.25) is 4.79 Å². The van der Waals surface area contributed by atoms with Crippen LogP contribution in [0.5, 0.6) is 17.2 Å². The first kappa shape index (κ1) is 22.9. The van der Waals surface area contributed by atoms with Gasteiger partial charge in [-0.05, 0) is 42.0 Å². The third-order valence-corrected chi connectivity index (χ3v) is 5.11. The van der Waals surface area contributed by atoms with Crippen LogP contribution in [0.3, 0.4) is 0 Å². The van der Waals surface area contributed by atoms with Crippen LogP contribution in [0.25, 0.3) is 0 Å². The standard InChI is InChI=1S/C29H27NO4/c31-29(25-15-7-9-17-27(25)33-20-19-23-11-3-1-4-12-23)30-26-16-8-10-18-28(26)34-22-21-32-24-13-5-2-6-14-24/h1-18H,19-22H2,(H,30,31). The molecular formula is C29H27NO4. The third-order valence-electron chi connectivity index (χ3n) is 5.11. The maximum absolute atomic E-state index is 13.1. The predicted octanol–water partition coefficient (Wildman–Crippen LogP) is 6.02. The summed E-state index contributed by atoms with van der Waals surface area (Å²) in [5, 5.41) is 2.95. The molecule has 0 radical (unpaired) electrons. The van der Waals surface area contributed by atoms with Crippen molar-refractivity contribution in [3.8, 4) is 17.2 Å². The number of anilines is 1. The fraction of sp³-hybridized carbons (Fsp3) is 0.138. The minimum Gasteiger partial charge on any atom is -0.492 e. The quantitative estimate of drug-likeness (QED) is 0.282. The van der Waals surface area contributed by atoms with Crippen LogP contribution in [0, 0.1) is 0 Å². The Kier molecular flexibility index (Phi) is 8.17. The van der Waals surface area contributed by atoms with Gasteiger partial charge in [0, 0.05) is 6.42 Å². The average molecular weight is 454 g/mol. The number of para-hydroxylation sites is 4. The zero-order valence-corrected chi connectivity index (χ0v) is 18.9. The molecule has 5 heteroatoms. The summed E-state index contributed by atoms with van der Waals surface area (Å²) in [6.45, 7) is 1.22. The van der Waals surface area contributed by atoms with Crippen LogP contribution in [0.15, 0.2) is 109 Å². The minimum atomic E-state index is -0.258. The van der Waals surface area contributed by atoms with Crippen molar-refractivity contribution in [3.63, 3.8) is 0 Å². The highest BCUT2D eigenvalue weighted by molar-refractivity contribution is 6.06. The lowest BCUT2D eigenvalue weighted by Crippen LogP contribution is -2.16. The monoisotopic (exact) mass is 453 g/mol. The molecule has 0 saturated heterocycles. The van der Waals surface area contributed by atoms with Gasteiger partial charge in [0.2, 0.25) is 0 Å². The van der Waals surface area contributed by atoms with Crippen molar-refractivity contribution in [3.05, 3.63) is 120 Å². The molecule has 4 aromatic carbocycles. The first-order valence-electron chi connectivity index (χ1n) is 11.3. The Labute approximate surface area is 199 Å². The molecule has 1 N–H and O–H groups in total. The largest absolute Gasteiger partial charge is 0.492 e. The van der Waals surface area contributed by atoms with Crippen LogP contribution in [-0.2, 0) is 6.42 Å². The molecule has 34 heavy (non-hydrogen) atoms. The Morgan fingerprint density at radius 3 is 1.97 bits per heavy atom. The molecule has 5 nitrogen and oxygen atoms in total. The maximum atomic E-state index is 13.1. The molecule has 0 atom stereocenters. The molecule has 0 unspecified atom stereocenters. The summed E-state index contributed by atoms with van der Waals surface area (Å²) in [7, 11) is 0. The fourth-order valence-corrected chi connectivity index (χ4v) is 3.42. The van der Waals surface area contributed by atoms with Gasteiger partial charge in [-0.25, -0.2) is 0 Å². The van der Waals surface area contributed by atoms with Gasteiger partial charge in [0.15, 0.2) is 0 Å². The van der Waals surface area contributed by atoms with E-state index in [-0.39, 0.29) is 5.91 Å². The van der Waals surface area contributed by atoms with E-state index >= 15 is 0 Å². The smallest absolute Gasteiger partial charge is 0.259 e. The Bertz CT molecular complexity index is 1180. The zero-order chi connectivity index (χ0) is 23.4. The first-order chi connectivity index (χ1) is 16.8. The minimum absolute atomic E-state index is 0.258. The molecule has 4 aromatic rings. The van der Waals surface area contributed by atoms with Gasteiger partial charge in [0.05, 0.1) is 17.9 Å². The Hall–Kier alpha value is -4.25. The van der Waals surface area contributed by atoms with Crippen molar-refractivity contribution in [2.45, 2.75) is 6.42 Å². The van der Waals surface area contributed by atoms with E-state index < -0.39 is 0 Å². The highest BCUT2D eigenvalue weighted by Gasteiger charge is 2.14. The number of ether oxygens (including phenoxy) is 3. The number of carbonyl (C=O) groups is 1. The normalized spacial score (nSPS) is 10.4. The summed E-state index contributed by atoms with van der Waals surface area (Å²) < 4.78 is 17.5. The Balaban J connectivity index is 1.34. The maximum Gasteiger partial charge on any atom is 0.259 e. The van der Waals surface area contributed by atoms with Crippen molar-refractivity contribution in [2.24, 2.45) is 0 Å². The van der Waals surface area contributed by atoms with Crippen molar-refractivity contribution >= 4 is 11.6 Å². The predicted molar refractivity (Wildman–Crippen MR) is 134 cm³/mol. The summed E-state index contributed by atoms with van der Waals surface area (Å²) >= 11 is 0. The van der Waals surface area contributed by atoms with E-state index in [2.05, 4.69) is 17.4 Å². The SMILES string of the molecule is O=C(Nc1ccccc1OCCOc1ccccc1)c1ccccc1OCCc1ccccc1. The van der Waals surface area contributed by atoms with Crippen LogP contribution in [0.2, 0.25) is 0 Å². The van der Waals surface area contributed by atoms with E-state index in [1.54, 1.807) is 6.07 Å². The molecular weight excluding hydrogens is 426 g/mol. The summed E-state index contributed by atoms with van der Waals surface area (Å²) in [4.78, 5) is 13.1. The van der Waals surface area contributed by atoms with Crippen molar-refractivity contribution in [1.29, 1.82) is 0 Å². The molecule has 1 amide bonds. The molecule has 0 aliphatic rings. The lowest BCUT2D eigenvalue weighted by molar-refractivity contribution is 0.102. The van der Waals surface area contributed by atoms with Crippen LogP contribution in [0.1, 0.15) is 15.9 Å². The lowest BCUT2D eigenvalue weighted by atomic mass is 10.1. The van der Waals surface area contributed by atoms with Crippen molar-refractivity contribution < 1.29 is 19.0 Å². The van der Waals surface area contributed by atoms with Crippen LogP contribution in [0.4, 0.5) is 5.69 Å². The molecule has 0 fully saturated rings. The number of hydrogen-bond acceptors (Lipinski definition) is 4. The number of rotatable bonds is 11. The number of amides is 1. The highest BCUT2D eigenvalue weighted by Crippen LogP contribution is 2.26. The molecule has 0 saturated carbocycles. The molecule has 0 heterocycles. The van der Waals surface area contributed by atoms with Crippen molar-refractivity contribution in [1.82, 2.24) is 0 Å². The summed E-state index contributed by atoms with van der Waals surface area (Å²) in [5.74, 6) is 1.66. The third kappa shape index (κ3) is 6.62. The summed E-state index contributed by atoms with van der Waals surface area (Å²) in [6.07, 6.45) is 0.762. The number of nitrogens with one attached hydrogen (secondary N) is 1. The molecule has 0 spiro atoms. The van der Waals surface area contributed by atoms with Gasteiger partial charge in [-0.1, -0.05) is 72.8 Å². The lowest BCUT2D eigenvalue weighted by Gasteiger charge is -2.15. The van der Waals surface area contributed by atoms with Gasteiger partial charge in [0.25, 0.3) is 5.91 Å². The average Bonchev–Trinajstić information content (AvgIpc) is 2.89. The van der Waals surface area contributed by atoms with Gasteiger partial charge in [-0.15, -0.1) is 0 Å². The van der Waals surface area contributed by atoms with Gasteiger partial charge in [0.1, 0.15) is 30.5 Å². The summed E-state index contributed by atoms with van der Waals surface area (Å²) in [5.41, 5.74) is 2.25. The van der Waals surface area contributed by atoms with E-state index in [1.165, 1.54) is 5.56 Å². The first-order valence-corrected chi connectivity index (χ1v) is 11.3. The van der Waals surface area contributed by atoms with Crippen LogP contribution in [-0.4, -0.2) is 25.7 Å². The molecule has 4 rings (SSSR count). The van der Waals surface area contributed by atoms with Crippen molar-refractivity contribution in [2.75, 3.05) is 25.1 Å². The Morgan fingerprint density at radius 1 is 0.588 bits per heavy atom. The van der Waals surface area contributed by atoms with Gasteiger partial charge in [-0.2, -0.15) is 0 Å². The Morgan fingerprint density at radius 2 is 1.18 bits per heavy atom. The van der Waals surface area contributed by atoms with E-state index in [4.69, 9.17) is 14.2 Å². The second-order valence-corrected chi connectivity index (χ2v) is 7.54. The topological polar surface area (TPSA) is 56.8 Å². The summed E-state index contributed by atoms with van der Waals surface area (Å²) in [6, 6.07) is 34.3. The zero-order valence-electron chi connectivity index (χ0n) is 18.9. The second-order valence-electron chi connectivity index (χ2n) is 7.54. The van der Waals surface area contributed by atoms with Crippen LogP contribution < -0.4 is 19.5 Å². The highest BCUT2D eigenvalue weighted by atomic mass is 16.5. The molecule has 0 aliphatic carbocycles. The second kappa shape index (κ2) is 12.1. The molecule has 0 aromatic heterocycles. The van der Waals surface area contributed by atoms with E-state index in [9.17, 15) is 4.79 Å². The van der Waals surface area contributed by atoms with Gasteiger partial charge >= 0.3 is 0 Å². The van der Waals surface area contributed by atoms with E-state index in [0.717, 1.165) is 12.2 Å². The number of benzene rings is 4. The van der Waals surface area contributed by atoms with E-state index in [1.807, 2.05) is 91.0 Å². The fourth-order valence-electron chi connectivity index (χ4n) is 3.42. The molecule has 0 aliphatic heterocycles. The molecule has 172 valence electrons. The molecule has 0 bridgehead atoms. The van der Waals surface area contributed by atoms with Gasteiger partial charge < -0.3 is 19.5 Å². The number of hydrogen-bond donors (Lipinski definition) is 1. The number of carbonyl (C=O) groups excluding carboxylic acids is 1. The van der Waals surface area contributed by atoms with Crippen LogP contribution >= 0.6 is 0 Å².